The number of rotatable bonds is 5. The minimum Gasteiger partial charge on any atom is -0.322 e. The number of aryl methyl sites for hydroxylation is 1. The Labute approximate surface area is 165 Å². The number of hydrogen-bond acceptors (Lipinski definition) is 4. The molecule has 1 amide bonds. The summed E-state index contributed by atoms with van der Waals surface area (Å²) >= 11 is 0. The summed E-state index contributed by atoms with van der Waals surface area (Å²) in [6.07, 6.45) is 1.97. The summed E-state index contributed by atoms with van der Waals surface area (Å²) in [6.45, 7) is 7.14. The molecule has 1 fully saturated rings. The minimum absolute atomic E-state index is 0.121. The van der Waals surface area contributed by atoms with Crippen LogP contribution in [0.2, 0.25) is 0 Å². The SMILES string of the molecule is Cc1ccc(-c2cn(C[C@@H]3CNC[C@H]3C)nn2)cc1C(=O)Nc1ccccc1. The molecule has 0 unspecified atom stereocenters. The Bertz CT molecular complexity index is 966. The highest BCUT2D eigenvalue weighted by Gasteiger charge is 2.23. The summed E-state index contributed by atoms with van der Waals surface area (Å²) in [5.74, 6) is 1.09. The Morgan fingerprint density at radius 3 is 2.79 bits per heavy atom. The second-order valence-corrected chi connectivity index (χ2v) is 7.57. The number of hydrogen-bond donors (Lipinski definition) is 2. The molecule has 4 rings (SSSR count). The second-order valence-electron chi connectivity index (χ2n) is 7.57. The fraction of sp³-hybridized carbons (Fsp3) is 0.318. The van der Waals surface area contributed by atoms with Gasteiger partial charge in [-0.25, -0.2) is 0 Å². The maximum atomic E-state index is 12.7. The van der Waals surface area contributed by atoms with Gasteiger partial charge in [0.15, 0.2) is 0 Å². The first-order valence-corrected chi connectivity index (χ1v) is 9.68. The molecule has 2 atom stereocenters. The van der Waals surface area contributed by atoms with Crippen LogP contribution in [0.3, 0.4) is 0 Å². The fourth-order valence-corrected chi connectivity index (χ4v) is 3.61. The molecule has 2 aromatic carbocycles. The van der Waals surface area contributed by atoms with Gasteiger partial charge >= 0.3 is 0 Å². The summed E-state index contributed by atoms with van der Waals surface area (Å²) in [6, 6.07) is 15.3. The molecule has 0 bridgehead atoms. The molecule has 0 saturated carbocycles. The first-order chi connectivity index (χ1) is 13.6. The van der Waals surface area contributed by atoms with Crippen molar-refractivity contribution in [2.75, 3.05) is 18.4 Å². The number of para-hydroxylation sites is 1. The van der Waals surface area contributed by atoms with E-state index in [4.69, 9.17) is 0 Å². The molecule has 0 spiro atoms. The minimum atomic E-state index is -0.121. The van der Waals surface area contributed by atoms with Crippen molar-refractivity contribution < 1.29 is 4.79 Å². The van der Waals surface area contributed by atoms with Crippen molar-refractivity contribution in [3.8, 4) is 11.3 Å². The maximum absolute atomic E-state index is 12.7. The summed E-state index contributed by atoms with van der Waals surface area (Å²) in [5.41, 5.74) is 4.03. The number of carbonyl (C=O) groups excluding carboxylic acids is 1. The zero-order valence-corrected chi connectivity index (χ0v) is 16.2. The Balaban J connectivity index is 1.53. The summed E-state index contributed by atoms with van der Waals surface area (Å²) in [5, 5.41) is 15.0. The predicted octanol–water partition coefficient (Wildman–Crippen LogP) is 3.36. The first kappa shape index (κ1) is 18.4. The molecule has 0 aliphatic carbocycles. The van der Waals surface area contributed by atoms with Gasteiger partial charge in [-0.05, 0) is 49.1 Å². The number of aromatic nitrogens is 3. The molecule has 2 N–H and O–H groups in total. The lowest BCUT2D eigenvalue weighted by molar-refractivity contribution is 0.102. The van der Waals surface area contributed by atoms with Crippen LogP contribution in [-0.4, -0.2) is 34.0 Å². The Hall–Kier alpha value is -2.99. The quantitative estimate of drug-likeness (QED) is 0.717. The van der Waals surface area contributed by atoms with Gasteiger partial charge in [0.2, 0.25) is 0 Å². The van der Waals surface area contributed by atoms with Crippen LogP contribution in [0.15, 0.2) is 54.7 Å². The molecular weight excluding hydrogens is 350 g/mol. The zero-order chi connectivity index (χ0) is 19.5. The fourth-order valence-electron chi connectivity index (χ4n) is 3.61. The number of nitrogens with zero attached hydrogens (tertiary/aromatic N) is 3. The topological polar surface area (TPSA) is 71.8 Å². The van der Waals surface area contributed by atoms with E-state index in [0.29, 0.717) is 17.4 Å². The third kappa shape index (κ3) is 3.97. The van der Waals surface area contributed by atoms with E-state index in [-0.39, 0.29) is 5.91 Å². The lowest BCUT2D eigenvalue weighted by Gasteiger charge is -2.12. The van der Waals surface area contributed by atoms with E-state index in [0.717, 1.165) is 42.1 Å². The van der Waals surface area contributed by atoms with E-state index in [2.05, 4.69) is 27.9 Å². The van der Waals surface area contributed by atoms with Crippen LogP contribution in [0.5, 0.6) is 0 Å². The number of carbonyl (C=O) groups is 1. The monoisotopic (exact) mass is 375 g/mol. The molecule has 28 heavy (non-hydrogen) atoms. The van der Waals surface area contributed by atoms with Crippen molar-refractivity contribution in [3.63, 3.8) is 0 Å². The van der Waals surface area contributed by atoms with Crippen molar-refractivity contribution >= 4 is 11.6 Å². The molecule has 144 valence electrons. The smallest absolute Gasteiger partial charge is 0.255 e. The van der Waals surface area contributed by atoms with Crippen molar-refractivity contribution in [3.05, 3.63) is 65.9 Å². The lowest BCUT2D eigenvalue weighted by atomic mass is 9.98. The van der Waals surface area contributed by atoms with E-state index in [1.807, 2.05) is 66.3 Å². The molecule has 1 aromatic heterocycles. The molecule has 6 nitrogen and oxygen atoms in total. The van der Waals surface area contributed by atoms with Gasteiger partial charge in [-0.1, -0.05) is 42.5 Å². The van der Waals surface area contributed by atoms with Crippen LogP contribution >= 0.6 is 0 Å². The van der Waals surface area contributed by atoms with Crippen LogP contribution in [0, 0.1) is 18.8 Å². The Kier molecular flexibility index (Phi) is 5.21. The molecule has 3 aromatic rings. The molecule has 1 saturated heterocycles. The Morgan fingerprint density at radius 1 is 1.21 bits per heavy atom. The molecule has 2 heterocycles. The normalized spacial score (nSPS) is 18.9. The first-order valence-electron chi connectivity index (χ1n) is 9.68. The van der Waals surface area contributed by atoms with Crippen LogP contribution in [0.4, 0.5) is 5.69 Å². The number of benzene rings is 2. The largest absolute Gasteiger partial charge is 0.322 e. The van der Waals surface area contributed by atoms with E-state index >= 15 is 0 Å². The van der Waals surface area contributed by atoms with Crippen molar-refractivity contribution in [1.82, 2.24) is 20.3 Å². The highest BCUT2D eigenvalue weighted by Crippen LogP contribution is 2.23. The van der Waals surface area contributed by atoms with Crippen LogP contribution in [0.25, 0.3) is 11.3 Å². The van der Waals surface area contributed by atoms with Gasteiger partial charge in [-0.2, -0.15) is 0 Å². The standard InChI is InChI=1S/C22H25N5O/c1-15-8-9-17(10-20(15)22(28)24-19-6-4-3-5-7-19)21-14-27(26-25-21)13-18-12-23-11-16(18)2/h3-10,14,16,18,23H,11-13H2,1-2H3,(H,24,28)/t16-,18+/m1/s1. The van der Waals surface area contributed by atoms with Crippen molar-refractivity contribution in [2.24, 2.45) is 11.8 Å². The molecule has 6 heteroatoms. The third-order valence-electron chi connectivity index (χ3n) is 5.45. The average molecular weight is 375 g/mol. The number of amides is 1. The molecule has 0 radical (unpaired) electrons. The van der Waals surface area contributed by atoms with Gasteiger partial charge in [-0.3, -0.25) is 9.48 Å². The highest BCUT2D eigenvalue weighted by molar-refractivity contribution is 6.05. The van der Waals surface area contributed by atoms with Gasteiger partial charge in [0.05, 0.1) is 6.20 Å². The van der Waals surface area contributed by atoms with Crippen molar-refractivity contribution in [2.45, 2.75) is 20.4 Å². The predicted molar refractivity (Wildman–Crippen MR) is 110 cm³/mol. The van der Waals surface area contributed by atoms with Crippen LogP contribution in [-0.2, 0) is 6.54 Å². The summed E-state index contributed by atoms with van der Waals surface area (Å²) in [7, 11) is 0. The average Bonchev–Trinajstić information content (AvgIpc) is 3.33. The van der Waals surface area contributed by atoms with Gasteiger partial charge in [-0.15, -0.1) is 5.10 Å². The van der Waals surface area contributed by atoms with E-state index in [9.17, 15) is 4.79 Å². The molecule has 1 aliphatic rings. The van der Waals surface area contributed by atoms with Crippen molar-refractivity contribution in [1.29, 1.82) is 0 Å². The number of nitrogens with one attached hydrogen (secondary N) is 2. The van der Waals surface area contributed by atoms with E-state index < -0.39 is 0 Å². The maximum Gasteiger partial charge on any atom is 0.255 e. The lowest BCUT2D eigenvalue weighted by Crippen LogP contribution is -2.17. The van der Waals surface area contributed by atoms with E-state index in [1.165, 1.54) is 0 Å². The summed E-state index contributed by atoms with van der Waals surface area (Å²) < 4.78 is 1.91. The van der Waals surface area contributed by atoms with Crippen LogP contribution < -0.4 is 10.6 Å². The van der Waals surface area contributed by atoms with Crippen LogP contribution in [0.1, 0.15) is 22.8 Å². The van der Waals surface area contributed by atoms with Gasteiger partial charge in [0, 0.05) is 29.9 Å². The van der Waals surface area contributed by atoms with Gasteiger partial charge in [0.25, 0.3) is 5.91 Å². The highest BCUT2D eigenvalue weighted by atomic mass is 16.1. The second kappa shape index (κ2) is 7.94. The number of anilines is 1. The van der Waals surface area contributed by atoms with Gasteiger partial charge < -0.3 is 10.6 Å². The molecular formula is C22H25N5O. The summed E-state index contributed by atoms with van der Waals surface area (Å²) in [4.78, 5) is 12.7. The third-order valence-corrected chi connectivity index (χ3v) is 5.45. The van der Waals surface area contributed by atoms with E-state index in [1.54, 1.807) is 0 Å². The van der Waals surface area contributed by atoms with Gasteiger partial charge in [0.1, 0.15) is 5.69 Å². The zero-order valence-electron chi connectivity index (χ0n) is 16.2. The molecule has 1 aliphatic heterocycles. The Morgan fingerprint density at radius 2 is 2.04 bits per heavy atom.